The first-order chi connectivity index (χ1) is 16.5. The number of fused-ring (bicyclic) bond motifs is 2. The fraction of sp³-hybridized carbons (Fsp3) is 0.393. The third-order valence-corrected chi connectivity index (χ3v) is 6.39. The number of anilines is 1. The van der Waals surface area contributed by atoms with E-state index in [1.54, 1.807) is 6.08 Å². The highest BCUT2D eigenvalue weighted by atomic mass is 16.4. The quantitative estimate of drug-likeness (QED) is 0.281. The number of nitrogens with one attached hydrogen (secondary N) is 2. The number of aliphatic carboxylic acids is 1. The molecule has 6 heteroatoms. The Balaban J connectivity index is 1.66. The maximum Gasteiger partial charge on any atom is 0.303 e. The zero-order valence-electron chi connectivity index (χ0n) is 19.6. The van der Waals surface area contributed by atoms with Crippen molar-refractivity contribution in [3.05, 3.63) is 51.8 Å². The van der Waals surface area contributed by atoms with Crippen molar-refractivity contribution in [3.8, 4) is 11.8 Å². The number of ketones is 1. The molecular formula is C28H30N2O4. The van der Waals surface area contributed by atoms with E-state index in [4.69, 9.17) is 0 Å². The van der Waals surface area contributed by atoms with E-state index in [0.29, 0.717) is 28.8 Å². The van der Waals surface area contributed by atoms with Gasteiger partial charge in [-0.3, -0.25) is 14.4 Å². The Hall–Kier alpha value is -3.59. The van der Waals surface area contributed by atoms with E-state index in [1.165, 1.54) is 19.3 Å². The van der Waals surface area contributed by atoms with Gasteiger partial charge in [-0.1, -0.05) is 38.0 Å². The number of hydrogen-bond acceptors (Lipinski definition) is 3. The molecule has 2 aliphatic rings. The van der Waals surface area contributed by atoms with Crippen LogP contribution in [-0.2, 0) is 22.4 Å². The number of aryl methyl sites for hydroxylation is 1. The molecule has 2 aromatic rings. The molecule has 2 heterocycles. The number of benzene rings is 1. The Morgan fingerprint density at radius 3 is 2.82 bits per heavy atom. The third-order valence-electron chi connectivity index (χ3n) is 6.39. The Bertz CT molecular complexity index is 1220. The van der Waals surface area contributed by atoms with E-state index >= 15 is 0 Å². The first-order valence-corrected chi connectivity index (χ1v) is 12.1. The van der Waals surface area contributed by atoms with Gasteiger partial charge in [0.05, 0.1) is 5.57 Å². The molecule has 1 aromatic carbocycles. The zero-order chi connectivity index (χ0) is 24.1. The highest BCUT2D eigenvalue weighted by Crippen LogP contribution is 2.36. The topological polar surface area (TPSA) is 99.3 Å². The lowest BCUT2D eigenvalue weighted by molar-refractivity contribution is -0.137. The van der Waals surface area contributed by atoms with E-state index in [9.17, 15) is 19.5 Å². The standard InChI is InChI=1S/C28H30N2O4/c1-2-3-4-5-6-7-9-18-12-14-22-20(16-18)21(28(34)30-22)17-24-19(13-15-26(32)33)27-23(29-24)10-8-11-25(27)31/h12,14,16-17,29H,2-6,8,10-11,13,15H2,1H3,(H,30,34)(H,32,33)/b21-17-. The molecule has 0 bridgehead atoms. The predicted octanol–water partition coefficient (Wildman–Crippen LogP) is 5.37. The number of amides is 1. The SMILES string of the molecule is CCCCCCC#Cc1ccc2c(c1)/C(=C/c1[nH]c3c(c1CCC(=O)O)C(=O)CCC3)C(=O)N2. The first kappa shape index (κ1) is 23.6. The highest BCUT2D eigenvalue weighted by molar-refractivity contribution is 6.35. The molecule has 1 aromatic heterocycles. The summed E-state index contributed by atoms with van der Waals surface area (Å²) in [7, 11) is 0. The highest BCUT2D eigenvalue weighted by Gasteiger charge is 2.28. The second kappa shape index (κ2) is 10.6. The zero-order valence-corrected chi connectivity index (χ0v) is 19.6. The summed E-state index contributed by atoms with van der Waals surface area (Å²) in [6.07, 6.45) is 9.45. The summed E-state index contributed by atoms with van der Waals surface area (Å²) >= 11 is 0. The van der Waals surface area contributed by atoms with Gasteiger partial charge in [0.15, 0.2) is 5.78 Å². The molecule has 0 radical (unpaired) electrons. The lowest BCUT2D eigenvalue weighted by Crippen LogP contribution is -2.11. The van der Waals surface area contributed by atoms with Crippen molar-refractivity contribution in [2.45, 2.75) is 71.1 Å². The minimum Gasteiger partial charge on any atom is -0.481 e. The summed E-state index contributed by atoms with van der Waals surface area (Å²) in [6.45, 7) is 2.19. The molecule has 0 spiro atoms. The van der Waals surface area contributed by atoms with Gasteiger partial charge in [-0.15, -0.1) is 0 Å². The van der Waals surface area contributed by atoms with Crippen LogP contribution >= 0.6 is 0 Å². The van der Waals surface area contributed by atoms with Crippen molar-refractivity contribution in [2.24, 2.45) is 0 Å². The van der Waals surface area contributed by atoms with Gasteiger partial charge < -0.3 is 15.4 Å². The number of carbonyl (C=O) groups excluding carboxylic acids is 2. The number of hydrogen-bond donors (Lipinski definition) is 3. The number of Topliss-reactive ketones (excluding diaryl/α,β-unsaturated/α-hetero) is 1. The van der Waals surface area contributed by atoms with Gasteiger partial charge in [-0.25, -0.2) is 0 Å². The molecule has 1 aliphatic heterocycles. The Morgan fingerprint density at radius 2 is 2.03 bits per heavy atom. The van der Waals surface area contributed by atoms with Crippen molar-refractivity contribution in [1.82, 2.24) is 4.98 Å². The van der Waals surface area contributed by atoms with Crippen molar-refractivity contribution < 1.29 is 19.5 Å². The summed E-state index contributed by atoms with van der Waals surface area (Å²) in [5.41, 5.74) is 5.62. The Morgan fingerprint density at radius 1 is 1.18 bits per heavy atom. The van der Waals surface area contributed by atoms with Crippen LogP contribution in [-0.4, -0.2) is 27.8 Å². The van der Waals surface area contributed by atoms with Gasteiger partial charge >= 0.3 is 5.97 Å². The molecule has 0 fully saturated rings. The van der Waals surface area contributed by atoms with Gasteiger partial charge in [0.1, 0.15) is 0 Å². The van der Waals surface area contributed by atoms with Crippen LogP contribution < -0.4 is 5.32 Å². The number of carboxylic acid groups (broad SMARTS) is 1. The number of H-pyrrole nitrogens is 1. The smallest absolute Gasteiger partial charge is 0.303 e. The Labute approximate surface area is 199 Å². The first-order valence-electron chi connectivity index (χ1n) is 12.1. The summed E-state index contributed by atoms with van der Waals surface area (Å²) in [4.78, 5) is 39.9. The van der Waals surface area contributed by atoms with Gasteiger partial charge in [-0.2, -0.15) is 0 Å². The summed E-state index contributed by atoms with van der Waals surface area (Å²) in [5, 5.41) is 12.1. The maximum absolute atomic E-state index is 12.8. The number of rotatable bonds is 8. The molecule has 0 saturated carbocycles. The molecule has 176 valence electrons. The van der Waals surface area contributed by atoms with Crippen LogP contribution in [0.15, 0.2) is 18.2 Å². The number of carbonyl (C=O) groups is 3. The molecule has 0 unspecified atom stereocenters. The normalized spacial score (nSPS) is 15.5. The van der Waals surface area contributed by atoms with Crippen LogP contribution in [0, 0.1) is 11.8 Å². The van der Waals surface area contributed by atoms with E-state index < -0.39 is 5.97 Å². The number of carboxylic acids is 1. The Kier molecular flexibility index (Phi) is 7.32. The lowest BCUT2D eigenvalue weighted by Gasteiger charge is -2.11. The molecule has 6 nitrogen and oxygen atoms in total. The number of aromatic nitrogens is 1. The van der Waals surface area contributed by atoms with Crippen molar-refractivity contribution in [2.75, 3.05) is 5.32 Å². The van der Waals surface area contributed by atoms with Crippen LogP contribution in [0.25, 0.3) is 11.6 Å². The monoisotopic (exact) mass is 458 g/mol. The van der Waals surface area contributed by atoms with E-state index in [1.807, 2.05) is 18.2 Å². The van der Waals surface area contributed by atoms with Crippen LogP contribution in [0.1, 0.15) is 96.7 Å². The maximum atomic E-state index is 12.8. The van der Waals surface area contributed by atoms with Gasteiger partial charge in [0.2, 0.25) is 0 Å². The minimum absolute atomic E-state index is 0.0373. The van der Waals surface area contributed by atoms with Crippen LogP contribution in [0.3, 0.4) is 0 Å². The second-order valence-corrected chi connectivity index (χ2v) is 8.93. The van der Waals surface area contributed by atoms with Crippen molar-refractivity contribution >= 4 is 35.0 Å². The molecular weight excluding hydrogens is 428 g/mol. The van der Waals surface area contributed by atoms with Gasteiger partial charge in [-0.05, 0) is 55.5 Å². The minimum atomic E-state index is -0.918. The number of aromatic amines is 1. The van der Waals surface area contributed by atoms with Gasteiger partial charge in [0, 0.05) is 53.0 Å². The van der Waals surface area contributed by atoms with Gasteiger partial charge in [0.25, 0.3) is 5.91 Å². The summed E-state index contributed by atoms with van der Waals surface area (Å²) in [6, 6.07) is 5.69. The van der Waals surface area contributed by atoms with Crippen LogP contribution in [0.4, 0.5) is 5.69 Å². The second-order valence-electron chi connectivity index (χ2n) is 8.93. The average molecular weight is 459 g/mol. The molecule has 3 N–H and O–H groups in total. The summed E-state index contributed by atoms with van der Waals surface area (Å²) < 4.78 is 0. The van der Waals surface area contributed by atoms with E-state index in [2.05, 4.69) is 29.1 Å². The average Bonchev–Trinajstić information content (AvgIpc) is 3.32. The van der Waals surface area contributed by atoms with E-state index in [-0.39, 0.29) is 24.5 Å². The lowest BCUT2D eigenvalue weighted by atomic mass is 9.91. The number of unbranched alkanes of at least 4 members (excludes halogenated alkanes) is 4. The summed E-state index contributed by atoms with van der Waals surface area (Å²) in [5.74, 6) is 5.33. The van der Waals surface area contributed by atoms with E-state index in [0.717, 1.165) is 48.2 Å². The molecule has 1 amide bonds. The third kappa shape index (κ3) is 5.14. The molecule has 34 heavy (non-hydrogen) atoms. The molecule has 4 rings (SSSR count). The van der Waals surface area contributed by atoms with Crippen LogP contribution in [0.5, 0.6) is 0 Å². The van der Waals surface area contributed by atoms with Crippen molar-refractivity contribution in [3.63, 3.8) is 0 Å². The van der Waals surface area contributed by atoms with Crippen LogP contribution in [0.2, 0.25) is 0 Å². The largest absolute Gasteiger partial charge is 0.481 e. The molecule has 1 aliphatic carbocycles. The fourth-order valence-corrected chi connectivity index (χ4v) is 4.67. The molecule has 0 atom stereocenters. The predicted molar refractivity (Wildman–Crippen MR) is 133 cm³/mol. The molecule has 0 saturated heterocycles. The fourth-order valence-electron chi connectivity index (χ4n) is 4.67. The van der Waals surface area contributed by atoms with Crippen molar-refractivity contribution in [1.29, 1.82) is 0 Å².